The van der Waals surface area contributed by atoms with Crippen molar-refractivity contribution < 1.29 is 23.4 Å². The first-order valence-corrected chi connectivity index (χ1v) is 10.1. The number of carbonyl (C=O) groups excluding carboxylic acids is 1. The van der Waals surface area contributed by atoms with E-state index in [-0.39, 0.29) is 35.3 Å². The minimum Gasteiger partial charge on any atom is -0.462 e. The Bertz CT molecular complexity index is 1020. The summed E-state index contributed by atoms with van der Waals surface area (Å²) in [6, 6.07) is 0.928. The third-order valence-corrected chi connectivity index (χ3v) is 5.05. The fourth-order valence-corrected chi connectivity index (χ4v) is 3.45. The maximum atomic E-state index is 14.3. The standard InChI is InChI=1S/C18H17F2NO3.C4H9NO/c1-3-5-11-15(20)14(19)8-12-16(11)21(10-6-7-10)9-13(17(12)22)18(23)24-4-2;6-4-1-2-5-3-4/h3,5,8-10H,4,6-7H2,1-2H3;4-6H,1-3H2/b5-3-;. The van der Waals surface area contributed by atoms with E-state index >= 15 is 0 Å². The number of fused-ring (bicyclic) bond motifs is 1. The quantitative estimate of drug-likeness (QED) is 0.743. The molecule has 1 saturated carbocycles. The first-order valence-electron chi connectivity index (χ1n) is 10.1. The number of ether oxygens (including phenoxy) is 1. The van der Waals surface area contributed by atoms with Gasteiger partial charge in [-0.2, -0.15) is 0 Å². The average molecular weight is 420 g/mol. The largest absolute Gasteiger partial charge is 0.462 e. The topological polar surface area (TPSA) is 80.6 Å². The van der Waals surface area contributed by atoms with Gasteiger partial charge in [0.1, 0.15) is 5.56 Å². The SMILES string of the molecule is C/C=C\c1c(F)c(F)cc2c(=O)c(C(=O)OCC)cn(C3CC3)c12.OC1CCNC1. The molecular weight excluding hydrogens is 394 g/mol. The molecule has 1 saturated heterocycles. The van der Waals surface area contributed by atoms with Crippen LogP contribution in [-0.2, 0) is 4.74 Å². The third kappa shape index (κ3) is 4.60. The van der Waals surface area contributed by atoms with Gasteiger partial charge < -0.3 is 19.7 Å². The molecule has 0 bridgehead atoms. The number of aromatic nitrogens is 1. The van der Waals surface area contributed by atoms with Gasteiger partial charge >= 0.3 is 5.97 Å². The molecule has 4 rings (SSSR count). The first-order chi connectivity index (χ1) is 14.4. The molecule has 2 N–H and O–H groups in total. The van der Waals surface area contributed by atoms with Gasteiger partial charge in [-0.1, -0.05) is 12.2 Å². The summed E-state index contributed by atoms with van der Waals surface area (Å²) in [5.74, 6) is -2.87. The number of β-amino-alcohol motifs (C(OH)–C–C–N with tert-alkyl or cyclic N) is 1. The van der Waals surface area contributed by atoms with Crippen LogP contribution in [0.5, 0.6) is 0 Å². The fraction of sp³-hybridized carbons (Fsp3) is 0.455. The number of pyridine rings is 1. The van der Waals surface area contributed by atoms with Gasteiger partial charge in [0.2, 0.25) is 5.43 Å². The second-order valence-corrected chi connectivity index (χ2v) is 7.36. The van der Waals surface area contributed by atoms with Crippen LogP contribution in [0.4, 0.5) is 8.78 Å². The van der Waals surface area contributed by atoms with Gasteiger partial charge in [-0.25, -0.2) is 13.6 Å². The van der Waals surface area contributed by atoms with E-state index in [1.807, 2.05) is 0 Å². The highest BCUT2D eigenvalue weighted by Gasteiger charge is 2.29. The third-order valence-electron chi connectivity index (χ3n) is 5.05. The minimum absolute atomic E-state index is 0.0144. The van der Waals surface area contributed by atoms with Crippen molar-refractivity contribution in [2.45, 2.75) is 45.3 Å². The number of carbonyl (C=O) groups is 1. The van der Waals surface area contributed by atoms with Crippen LogP contribution in [0, 0.1) is 11.6 Å². The summed E-state index contributed by atoms with van der Waals surface area (Å²) < 4.78 is 34.8. The van der Waals surface area contributed by atoms with Crippen molar-refractivity contribution in [1.29, 1.82) is 0 Å². The van der Waals surface area contributed by atoms with Crippen LogP contribution in [0.15, 0.2) is 23.1 Å². The van der Waals surface area contributed by atoms with Crippen molar-refractivity contribution in [3.8, 4) is 0 Å². The van der Waals surface area contributed by atoms with Crippen molar-refractivity contribution >= 4 is 22.9 Å². The normalized spacial score (nSPS) is 18.5. The average Bonchev–Trinajstić information content (AvgIpc) is 3.45. The molecule has 2 heterocycles. The van der Waals surface area contributed by atoms with Crippen LogP contribution in [0.1, 0.15) is 55.1 Å². The number of allylic oxidation sites excluding steroid dienone is 1. The number of hydrogen-bond donors (Lipinski definition) is 2. The summed E-state index contributed by atoms with van der Waals surface area (Å²) in [4.78, 5) is 24.7. The lowest BCUT2D eigenvalue weighted by atomic mass is 10.0. The Morgan fingerprint density at radius 3 is 2.60 bits per heavy atom. The molecular formula is C22H26F2N2O4. The van der Waals surface area contributed by atoms with Gasteiger partial charge in [-0.15, -0.1) is 0 Å². The Morgan fingerprint density at radius 1 is 1.37 bits per heavy atom. The monoisotopic (exact) mass is 420 g/mol. The van der Waals surface area contributed by atoms with E-state index in [0.717, 1.165) is 38.4 Å². The molecule has 2 aromatic rings. The van der Waals surface area contributed by atoms with Gasteiger partial charge in [0.05, 0.1) is 23.6 Å². The van der Waals surface area contributed by atoms with Gasteiger partial charge in [0.15, 0.2) is 11.6 Å². The molecule has 30 heavy (non-hydrogen) atoms. The zero-order chi connectivity index (χ0) is 21.8. The molecule has 0 amide bonds. The zero-order valence-corrected chi connectivity index (χ0v) is 17.1. The Morgan fingerprint density at radius 2 is 2.10 bits per heavy atom. The highest BCUT2D eigenvalue weighted by atomic mass is 19.2. The molecule has 8 heteroatoms. The van der Waals surface area contributed by atoms with Crippen LogP contribution in [0.3, 0.4) is 0 Å². The predicted octanol–water partition coefficient (Wildman–Crippen LogP) is 3.17. The van der Waals surface area contributed by atoms with Gasteiger partial charge in [-0.05, 0) is 45.7 Å². The van der Waals surface area contributed by atoms with E-state index in [2.05, 4.69) is 5.32 Å². The number of benzene rings is 1. The molecule has 1 aliphatic heterocycles. The van der Waals surface area contributed by atoms with E-state index in [0.29, 0.717) is 5.52 Å². The zero-order valence-electron chi connectivity index (χ0n) is 17.1. The van der Waals surface area contributed by atoms with Crippen LogP contribution in [-0.4, -0.2) is 41.4 Å². The summed E-state index contributed by atoms with van der Waals surface area (Å²) in [7, 11) is 0. The molecule has 162 valence electrons. The maximum absolute atomic E-state index is 14.3. The summed E-state index contributed by atoms with van der Waals surface area (Å²) >= 11 is 0. The van der Waals surface area contributed by atoms with E-state index < -0.39 is 23.0 Å². The molecule has 1 aromatic carbocycles. The van der Waals surface area contributed by atoms with Crippen LogP contribution in [0.25, 0.3) is 17.0 Å². The predicted molar refractivity (Wildman–Crippen MR) is 111 cm³/mol. The van der Waals surface area contributed by atoms with Crippen molar-refractivity contribution in [1.82, 2.24) is 9.88 Å². The minimum atomic E-state index is -1.11. The molecule has 2 fully saturated rings. The molecule has 1 aromatic heterocycles. The molecule has 0 radical (unpaired) electrons. The molecule has 0 spiro atoms. The highest BCUT2D eigenvalue weighted by molar-refractivity contribution is 5.96. The number of rotatable bonds is 4. The van der Waals surface area contributed by atoms with Gasteiger partial charge in [-0.3, -0.25) is 4.79 Å². The maximum Gasteiger partial charge on any atom is 0.343 e. The summed E-state index contributed by atoms with van der Waals surface area (Å²) in [6.45, 7) is 5.23. The van der Waals surface area contributed by atoms with Crippen LogP contribution in [0.2, 0.25) is 0 Å². The van der Waals surface area contributed by atoms with E-state index in [1.54, 1.807) is 24.5 Å². The Kier molecular flexibility index (Phi) is 6.99. The Balaban J connectivity index is 0.000000367. The number of aliphatic hydroxyl groups excluding tert-OH is 1. The first kappa shape index (κ1) is 22.1. The van der Waals surface area contributed by atoms with E-state index in [9.17, 15) is 18.4 Å². The van der Waals surface area contributed by atoms with Crippen LogP contribution >= 0.6 is 0 Å². The summed E-state index contributed by atoms with van der Waals surface area (Å²) in [6.07, 6.45) is 7.00. The van der Waals surface area contributed by atoms with E-state index in [4.69, 9.17) is 9.84 Å². The number of hydrogen-bond acceptors (Lipinski definition) is 5. The van der Waals surface area contributed by atoms with Crippen molar-refractivity contribution in [2.75, 3.05) is 19.7 Å². The molecule has 1 atom stereocenters. The number of nitrogens with one attached hydrogen (secondary N) is 1. The summed E-state index contributed by atoms with van der Waals surface area (Å²) in [5.41, 5.74) is -0.474. The lowest BCUT2D eigenvalue weighted by Gasteiger charge is -2.15. The second-order valence-electron chi connectivity index (χ2n) is 7.36. The molecule has 1 unspecified atom stereocenters. The summed E-state index contributed by atoms with van der Waals surface area (Å²) in [5, 5.41) is 11.7. The number of aliphatic hydroxyl groups is 1. The van der Waals surface area contributed by atoms with Gasteiger partial charge in [0.25, 0.3) is 0 Å². The number of halogens is 2. The fourth-order valence-electron chi connectivity index (χ4n) is 3.45. The lowest BCUT2D eigenvalue weighted by molar-refractivity contribution is 0.0524. The van der Waals surface area contributed by atoms with Gasteiger partial charge in [0, 0.05) is 24.3 Å². The van der Waals surface area contributed by atoms with Crippen molar-refractivity contribution in [3.05, 3.63) is 51.3 Å². The van der Waals surface area contributed by atoms with Crippen molar-refractivity contribution in [3.63, 3.8) is 0 Å². The molecule has 1 aliphatic carbocycles. The van der Waals surface area contributed by atoms with Crippen molar-refractivity contribution in [2.24, 2.45) is 0 Å². The lowest BCUT2D eigenvalue weighted by Crippen LogP contribution is -2.21. The Hall–Kier alpha value is -2.58. The smallest absolute Gasteiger partial charge is 0.343 e. The van der Waals surface area contributed by atoms with Crippen LogP contribution < -0.4 is 10.7 Å². The second kappa shape index (κ2) is 9.49. The molecule has 2 aliphatic rings. The Labute approximate surface area is 173 Å². The highest BCUT2D eigenvalue weighted by Crippen LogP contribution is 2.38. The molecule has 6 nitrogen and oxygen atoms in total. The van der Waals surface area contributed by atoms with E-state index in [1.165, 1.54) is 12.3 Å². The number of esters is 1. The number of nitrogens with zero attached hydrogens (tertiary/aromatic N) is 1.